The quantitative estimate of drug-likeness (QED) is 0.796. The molecule has 0 aliphatic rings. The van der Waals surface area contributed by atoms with Crippen LogP contribution in [0.4, 0.5) is 5.69 Å². The van der Waals surface area contributed by atoms with Gasteiger partial charge in [-0.25, -0.2) is 0 Å². The van der Waals surface area contributed by atoms with Gasteiger partial charge < -0.3 is 15.8 Å². The summed E-state index contributed by atoms with van der Waals surface area (Å²) in [6.07, 6.45) is 1.32. The summed E-state index contributed by atoms with van der Waals surface area (Å²) in [5.74, 6) is 1.07. The molecule has 1 unspecified atom stereocenters. The van der Waals surface area contributed by atoms with Crippen molar-refractivity contribution in [2.45, 2.75) is 39.7 Å². The summed E-state index contributed by atoms with van der Waals surface area (Å²) in [5.41, 5.74) is 6.64. The zero-order chi connectivity index (χ0) is 14.3. The number of ether oxygens (including phenoxy) is 1. The molecule has 0 aliphatic heterocycles. The fourth-order valence-electron chi connectivity index (χ4n) is 1.52. The summed E-state index contributed by atoms with van der Waals surface area (Å²) in [7, 11) is 0. The SMILES string of the molecule is CCCOc1ccc(NC(=O)CC(N)C(C)C)cc1. The lowest BCUT2D eigenvalue weighted by Crippen LogP contribution is -2.31. The van der Waals surface area contributed by atoms with E-state index in [0.717, 1.165) is 17.9 Å². The molecule has 0 heterocycles. The number of amides is 1. The predicted molar refractivity (Wildman–Crippen MR) is 78.3 cm³/mol. The Hall–Kier alpha value is -1.55. The van der Waals surface area contributed by atoms with Crippen molar-refractivity contribution in [3.8, 4) is 5.75 Å². The van der Waals surface area contributed by atoms with Gasteiger partial charge in [0.2, 0.25) is 5.91 Å². The van der Waals surface area contributed by atoms with E-state index in [-0.39, 0.29) is 11.9 Å². The highest BCUT2D eigenvalue weighted by Crippen LogP contribution is 2.16. The number of benzene rings is 1. The first kappa shape index (κ1) is 15.5. The van der Waals surface area contributed by atoms with Crippen molar-refractivity contribution in [3.63, 3.8) is 0 Å². The second-order valence-corrected chi connectivity index (χ2v) is 5.03. The summed E-state index contributed by atoms with van der Waals surface area (Å²) >= 11 is 0. The number of nitrogens with two attached hydrogens (primary N) is 1. The predicted octanol–water partition coefficient (Wildman–Crippen LogP) is 2.79. The smallest absolute Gasteiger partial charge is 0.225 e. The molecule has 0 saturated heterocycles. The zero-order valence-electron chi connectivity index (χ0n) is 12.0. The first-order valence-electron chi connectivity index (χ1n) is 6.81. The van der Waals surface area contributed by atoms with Crippen LogP contribution < -0.4 is 15.8 Å². The minimum Gasteiger partial charge on any atom is -0.494 e. The van der Waals surface area contributed by atoms with Crippen molar-refractivity contribution in [2.75, 3.05) is 11.9 Å². The van der Waals surface area contributed by atoms with E-state index in [1.165, 1.54) is 0 Å². The normalized spacial score (nSPS) is 12.3. The van der Waals surface area contributed by atoms with Crippen molar-refractivity contribution >= 4 is 11.6 Å². The van der Waals surface area contributed by atoms with Crippen LogP contribution in [0.25, 0.3) is 0 Å². The lowest BCUT2D eigenvalue weighted by atomic mass is 10.0. The van der Waals surface area contributed by atoms with Crippen LogP contribution in [0.1, 0.15) is 33.6 Å². The standard InChI is InChI=1S/C15H24N2O2/c1-4-9-19-13-7-5-12(6-8-13)17-15(18)10-14(16)11(2)3/h5-8,11,14H,4,9-10,16H2,1-3H3,(H,17,18). The lowest BCUT2D eigenvalue weighted by molar-refractivity contribution is -0.116. The van der Waals surface area contributed by atoms with Gasteiger partial charge in [0.05, 0.1) is 6.61 Å². The van der Waals surface area contributed by atoms with Crippen LogP contribution in [0.15, 0.2) is 24.3 Å². The van der Waals surface area contributed by atoms with E-state index in [0.29, 0.717) is 18.9 Å². The Morgan fingerprint density at radius 1 is 1.32 bits per heavy atom. The molecule has 1 rings (SSSR count). The molecule has 0 radical (unpaired) electrons. The van der Waals surface area contributed by atoms with Gasteiger partial charge >= 0.3 is 0 Å². The molecule has 19 heavy (non-hydrogen) atoms. The van der Waals surface area contributed by atoms with Gasteiger partial charge in [-0.05, 0) is 36.6 Å². The molecular weight excluding hydrogens is 240 g/mol. The van der Waals surface area contributed by atoms with Gasteiger partial charge in [0.25, 0.3) is 0 Å². The maximum atomic E-state index is 11.8. The lowest BCUT2D eigenvalue weighted by Gasteiger charge is -2.15. The highest BCUT2D eigenvalue weighted by Gasteiger charge is 2.12. The Labute approximate surface area is 115 Å². The molecule has 4 heteroatoms. The van der Waals surface area contributed by atoms with Crippen LogP contribution in [0.2, 0.25) is 0 Å². The fourth-order valence-corrected chi connectivity index (χ4v) is 1.52. The van der Waals surface area contributed by atoms with Crippen molar-refractivity contribution in [2.24, 2.45) is 11.7 Å². The van der Waals surface area contributed by atoms with Gasteiger partial charge in [-0.2, -0.15) is 0 Å². The third-order valence-corrected chi connectivity index (χ3v) is 2.89. The summed E-state index contributed by atoms with van der Waals surface area (Å²) in [6.45, 7) is 6.79. The van der Waals surface area contributed by atoms with Crippen LogP contribution in [0.3, 0.4) is 0 Å². The minimum atomic E-state index is -0.104. The maximum Gasteiger partial charge on any atom is 0.225 e. The number of carbonyl (C=O) groups is 1. The molecule has 4 nitrogen and oxygen atoms in total. The number of hydrogen-bond acceptors (Lipinski definition) is 3. The topological polar surface area (TPSA) is 64.3 Å². The molecule has 1 amide bonds. The van der Waals surface area contributed by atoms with Gasteiger partial charge in [0.1, 0.15) is 5.75 Å². The van der Waals surface area contributed by atoms with Gasteiger partial charge in [-0.1, -0.05) is 20.8 Å². The van der Waals surface area contributed by atoms with Crippen LogP contribution in [-0.2, 0) is 4.79 Å². The molecular formula is C15H24N2O2. The van der Waals surface area contributed by atoms with Crippen molar-refractivity contribution < 1.29 is 9.53 Å². The molecule has 0 saturated carbocycles. The first-order valence-corrected chi connectivity index (χ1v) is 6.81. The minimum absolute atomic E-state index is 0.0524. The number of carbonyl (C=O) groups excluding carboxylic acids is 1. The van der Waals surface area contributed by atoms with Gasteiger partial charge in [0.15, 0.2) is 0 Å². The van der Waals surface area contributed by atoms with Crippen molar-refractivity contribution in [1.29, 1.82) is 0 Å². The van der Waals surface area contributed by atoms with E-state index in [2.05, 4.69) is 12.2 Å². The van der Waals surface area contributed by atoms with Crippen LogP contribution >= 0.6 is 0 Å². The average Bonchev–Trinajstić information content (AvgIpc) is 2.37. The maximum absolute atomic E-state index is 11.8. The Balaban J connectivity index is 2.46. The van der Waals surface area contributed by atoms with Crippen LogP contribution in [0, 0.1) is 5.92 Å². The highest BCUT2D eigenvalue weighted by atomic mass is 16.5. The number of anilines is 1. The van der Waals surface area contributed by atoms with E-state index in [1.54, 1.807) is 0 Å². The Kier molecular flexibility index (Phi) is 6.36. The molecule has 3 N–H and O–H groups in total. The molecule has 0 fully saturated rings. The third kappa shape index (κ3) is 5.75. The van der Waals surface area contributed by atoms with E-state index in [4.69, 9.17) is 10.5 Å². The molecule has 1 aromatic carbocycles. The van der Waals surface area contributed by atoms with Crippen molar-refractivity contribution in [1.82, 2.24) is 0 Å². The van der Waals surface area contributed by atoms with Crippen molar-refractivity contribution in [3.05, 3.63) is 24.3 Å². The van der Waals surface area contributed by atoms with Gasteiger partial charge in [0, 0.05) is 18.2 Å². The number of nitrogens with one attached hydrogen (secondary N) is 1. The highest BCUT2D eigenvalue weighted by molar-refractivity contribution is 5.91. The molecule has 0 spiro atoms. The summed E-state index contributed by atoms with van der Waals surface area (Å²) in [4.78, 5) is 11.8. The molecule has 1 atom stereocenters. The molecule has 106 valence electrons. The van der Waals surface area contributed by atoms with Crippen LogP contribution in [-0.4, -0.2) is 18.6 Å². The Morgan fingerprint density at radius 2 is 1.95 bits per heavy atom. The molecule has 0 aromatic heterocycles. The largest absolute Gasteiger partial charge is 0.494 e. The monoisotopic (exact) mass is 264 g/mol. The van der Waals surface area contributed by atoms with Crippen LogP contribution in [0.5, 0.6) is 5.75 Å². The third-order valence-electron chi connectivity index (χ3n) is 2.89. The molecule has 1 aromatic rings. The Bertz CT molecular complexity index is 388. The van der Waals surface area contributed by atoms with Gasteiger partial charge in [-0.15, -0.1) is 0 Å². The summed E-state index contributed by atoms with van der Waals surface area (Å²) in [6, 6.07) is 7.28. The first-order chi connectivity index (χ1) is 9.02. The number of rotatable bonds is 7. The van der Waals surface area contributed by atoms with Gasteiger partial charge in [-0.3, -0.25) is 4.79 Å². The molecule has 0 bridgehead atoms. The number of hydrogen-bond donors (Lipinski definition) is 2. The summed E-state index contributed by atoms with van der Waals surface area (Å²) in [5, 5.41) is 2.84. The second-order valence-electron chi connectivity index (χ2n) is 5.03. The Morgan fingerprint density at radius 3 is 2.47 bits per heavy atom. The molecule has 0 aliphatic carbocycles. The summed E-state index contributed by atoms with van der Waals surface area (Å²) < 4.78 is 5.48. The fraction of sp³-hybridized carbons (Fsp3) is 0.533. The second kappa shape index (κ2) is 7.79. The van der Waals surface area contributed by atoms with E-state index < -0.39 is 0 Å². The van der Waals surface area contributed by atoms with E-state index in [1.807, 2.05) is 38.1 Å². The van der Waals surface area contributed by atoms with E-state index >= 15 is 0 Å². The average molecular weight is 264 g/mol. The van der Waals surface area contributed by atoms with E-state index in [9.17, 15) is 4.79 Å². The zero-order valence-corrected chi connectivity index (χ0v) is 12.0.